The van der Waals surface area contributed by atoms with Crippen LogP contribution in [0.4, 0.5) is 0 Å². The molecule has 1 aromatic heterocycles. The second kappa shape index (κ2) is 11.3. The Bertz CT molecular complexity index is 641. The van der Waals surface area contributed by atoms with E-state index in [9.17, 15) is 9.59 Å². The van der Waals surface area contributed by atoms with Gasteiger partial charge in [-0.25, -0.2) is 0 Å². The summed E-state index contributed by atoms with van der Waals surface area (Å²) in [6, 6.07) is 2.93. The molecule has 1 aliphatic heterocycles. The van der Waals surface area contributed by atoms with Crippen LogP contribution in [0.5, 0.6) is 0 Å². The summed E-state index contributed by atoms with van der Waals surface area (Å²) in [5.74, 6) is 0.117. The van der Waals surface area contributed by atoms with E-state index >= 15 is 0 Å². The monoisotopic (exact) mass is 441 g/mol. The molecule has 2 N–H and O–H groups in total. The number of nitrogens with one attached hydrogen (secondary N) is 2. The molecule has 1 fully saturated rings. The van der Waals surface area contributed by atoms with Gasteiger partial charge in [0, 0.05) is 32.3 Å². The summed E-state index contributed by atoms with van der Waals surface area (Å²) < 4.78 is 11.2. The quantitative estimate of drug-likeness (QED) is 0.572. The van der Waals surface area contributed by atoms with Crippen molar-refractivity contribution in [3.8, 4) is 0 Å². The number of rotatable bonds is 9. The SMILES string of the molecule is CC[C@@H](C)[C@@H](NC(=O)/C=C/c1ccc(Br)o1)C(=O)NCCN1CCOCC1. The Morgan fingerprint density at radius 2 is 2.07 bits per heavy atom. The molecule has 0 unspecified atom stereocenters. The molecule has 150 valence electrons. The predicted octanol–water partition coefficient (Wildman–Crippen LogP) is 2.03. The summed E-state index contributed by atoms with van der Waals surface area (Å²) in [5.41, 5.74) is 0. The highest BCUT2D eigenvalue weighted by molar-refractivity contribution is 9.10. The summed E-state index contributed by atoms with van der Waals surface area (Å²) in [6.45, 7) is 8.53. The second-order valence-electron chi connectivity index (χ2n) is 6.59. The Morgan fingerprint density at radius 3 is 2.70 bits per heavy atom. The first-order valence-corrected chi connectivity index (χ1v) is 10.1. The van der Waals surface area contributed by atoms with Gasteiger partial charge in [0.1, 0.15) is 11.8 Å². The molecule has 2 heterocycles. The topological polar surface area (TPSA) is 83.8 Å². The van der Waals surface area contributed by atoms with Crippen LogP contribution < -0.4 is 10.6 Å². The number of carbonyl (C=O) groups is 2. The van der Waals surface area contributed by atoms with E-state index in [1.165, 1.54) is 6.08 Å². The highest BCUT2D eigenvalue weighted by Gasteiger charge is 2.25. The summed E-state index contributed by atoms with van der Waals surface area (Å²) in [6.07, 6.45) is 3.74. The molecule has 0 bridgehead atoms. The highest BCUT2D eigenvalue weighted by Crippen LogP contribution is 2.15. The van der Waals surface area contributed by atoms with Gasteiger partial charge in [-0.15, -0.1) is 0 Å². The maximum absolute atomic E-state index is 12.6. The number of nitrogens with zero attached hydrogens (tertiary/aromatic N) is 1. The van der Waals surface area contributed by atoms with E-state index in [0.29, 0.717) is 17.0 Å². The average molecular weight is 442 g/mol. The first-order chi connectivity index (χ1) is 13.0. The van der Waals surface area contributed by atoms with Gasteiger partial charge >= 0.3 is 0 Å². The third-order valence-electron chi connectivity index (χ3n) is 4.62. The molecule has 0 saturated carbocycles. The Morgan fingerprint density at radius 1 is 1.33 bits per heavy atom. The number of hydrogen-bond acceptors (Lipinski definition) is 5. The lowest BCUT2D eigenvalue weighted by molar-refractivity contribution is -0.128. The van der Waals surface area contributed by atoms with Gasteiger partial charge in [-0.3, -0.25) is 14.5 Å². The summed E-state index contributed by atoms with van der Waals surface area (Å²) >= 11 is 3.22. The van der Waals surface area contributed by atoms with Crippen LogP contribution in [0.1, 0.15) is 26.0 Å². The van der Waals surface area contributed by atoms with Crippen molar-refractivity contribution < 1.29 is 18.7 Å². The van der Waals surface area contributed by atoms with Gasteiger partial charge in [-0.1, -0.05) is 20.3 Å². The normalized spacial score (nSPS) is 17.6. The van der Waals surface area contributed by atoms with Crippen molar-refractivity contribution in [1.29, 1.82) is 0 Å². The van der Waals surface area contributed by atoms with Gasteiger partial charge in [0.05, 0.1) is 13.2 Å². The summed E-state index contributed by atoms with van der Waals surface area (Å²) in [4.78, 5) is 27.1. The molecular weight excluding hydrogens is 414 g/mol. The molecule has 2 atom stereocenters. The van der Waals surface area contributed by atoms with Gasteiger partial charge in [0.25, 0.3) is 0 Å². The van der Waals surface area contributed by atoms with Crippen LogP contribution in [0.25, 0.3) is 6.08 Å². The number of amides is 2. The smallest absolute Gasteiger partial charge is 0.244 e. The fourth-order valence-electron chi connectivity index (χ4n) is 2.75. The van der Waals surface area contributed by atoms with E-state index in [4.69, 9.17) is 9.15 Å². The first kappa shape index (κ1) is 21.7. The van der Waals surface area contributed by atoms with Crippen molar-refractivity contribution in [2.24, 2.45) is 5.92 Å². The molecule has 8 heteroatoms. The molecule has 2 rings (SSSR count). The predicted molar refractivity (Wildman–Crippen MR) is 107 cm³/mol. The molecule has 0 aliphatic carbocycles. The fourth-order valence-corrected chi connectivity index (χ4v) is 3.07. The molecule has 27 heavy (non-hydrogen) atoms. The largest absolute Gasteiger partial charge is 0.450 e. The Kier molecular flexibility index (Phi) is 9.03. The number of furan rings is 1. The van der Waals surface area contributed by atoms with E-state index in [1.807, 2.05) is 13.8 Å². The second-order valence-corrected chi connectivity index (χ2v) is 7.37. The van der Waals surface area contributed by atoms with E-state index in [-0.39, 0.29) is 17.7 Å². The van der Waals surface area contributed by atoms with Crippen molar-refractivity contribution in [2.75, 3.05) is 39.4 Å². The zero-order valence-corrected chi connectivity index (χ0v) is 17.5. The highest BCUT2D eigenvalue weighted by atomic mass is 79.9. The lowest BCUT2D eigenvalue weighted by Gasteiger charge is -2.27. The van der Waals surface area contributed by atoms with Crippen molar-refractivity contribution >= 4 is 33.8 Å². The third-order valence-corrected chi connectivity index (χ3v) is 5.04. The first-order valence-electron chi connectivity index (χ1n) is 9.31. The van der Waals surface area contributed by atoms with Crippen LogP contribution in [-0.4, -0.2) is 62.1 Å². The van der Waals surface area contributed by atoms with Crippen LogP contribution in [-0.2, 0) is 14.3 Å². The van der Waals surface area contributed by atoms with Crippen molar-refractivity contribution in [2.45, 2.75) is 26.3 Å². The van der Waals surface area contributed by atoms with E-state index in [0.717, 1.165) is 39.3 Å². The number of carbonyl (C=O) groups excluding carboxylic acids is 2. The lowest BCUT2D eigenvalue weighted by Crippen LogP contribution is -2.51. The van der Waals surface area contributed by atoms with Gasteiger partial charge in [0.15, 0.2) is 4.67 Å². The number of morpholine rings is 1. The van der Waals surface area contributed by atoms with E-state index in [1.54, 1.807) is 18.2 Å². The van der Waals surface area contributed by atoms with Crippen LogP contribution in [0.3, 0.4) is 0 Å². The van der Waals surface area contributed by atoms with E-state index in [2.05, 4.69) is 31.5 Å². The van der Waals surface area contributed by atoms with Gasteiger partial charge in [-0.05, 0) is 40.1 Å². The average Bonchev–Trinajstić information content (AvgIpc) is 3.10. The van der Waals surface area contributed by atoms with Crippen molar-refractivity contribution in [3.05, 3.63) is 28.6 Å². The molecular formula is C19H28BrN3O4. The minimum atomic E-state index is -0.569. The van der Waals surface area contributed by atoms with Crippen molar-refractivity contribution in [1.82, 2.24) is 15.5 Å². The molecule has 0 aromatic carbocycles. The summed E-state index contributed by atoms with van der Waals surface area (Å²) in [5, 5.41) is 5.75. The lowest BCUT2D eigenvalue weighted by atomic mass is 9.98. The van der Waals surface area contributed by atoms with Crippen molar-refractivity contribution in [3.63, 3.8) is 0 Å². The standard InChI is InChI=1S/C19H28BrN3O4/c1-3-14(2)18(19(25)21-8-9-23-10-12-26-13-11-23)22-17(24)7-5-15-4-6-16(20)27-15/h4-7,14,18H,3,8-13H2,1-2H3,(H,21,25)(H,22,24)/b7-5+/t14-,18-/m1/s1. The zero-order valence-electron chi connectivity index (χ0n) is 15.9. The zero-order chi connectivity index (χ0) is 19.6. The molecule has 7 nitrogen and oxygen atoms in total. The van der Waals surface area contributed by atoms with Crippen LogP contribution in [0, 0.1) is 5.92 Å². The maximum Gasteiger partial charge on any atom is 0.244 e. The number of halogens is 1. The third kappa shape index (κ3) is 7.48. The fraction of sp³-hybridized carbons (Fsp3) is 0.579. The Hall–Kier alpha value is -1.64. The molecule has 1 saturated heterocycles. The Balaban J connectivity index is 1.84. The number of hydrogen-bond donors (Lipinski definition) is 2. The van der Waals surface area contributed by atoms with Crippen LogP contribution in [0.15, 0.2) is 27.3 Å². The maximum atomic E-state index is 12.6. The molecule has 2 amide bonds. The molecule has 0 spiro atoms. The molecule has 1 aromatic rings. The summed E-state index contributed by atoms with van der Waals surface area (Å²) in [7, 11) is 0. The van der Waals surface area contributed by atoms with E-state index < -0.39 is 6.04 Å². The molecule has 0 radical (unpaired) electrons. The van der Waals surface area contributed by atoms with Gasteiger partial charge < -0.3 is 19.8 Å². The van der Waals surface area contributed by atoms with Crippen LogP contribution >= 0.6 is 15.9 Å². The Labute approximate surface area is 168 Å². The van der Waals surface area contributed by atoms with Gasteiger partial charge in [-0.2, -0.15) is 0 Å². The minimum Gasteiger partial charge on any atom is -0.450 e. The van der Waals surface area contributed by atoms with Gasteiger partial charge in [0.2, 0.25) is 11.8 Å². The molecule has 1 aliphatic rings. The number of ether oxygens (including phenoxy) is 1. The minimum absolute atomic E-state index is 0.0310. The van der Waals surface area contributed by atoms with Crippen LogP contribution in [0.2, 0.25) is 0 Å².